The highest BCUT2D eigenvalue weighted by Crippen LogP contribution is 2.31. The summed E-state index contributed by atoms with van der Waals surface area (Å²) in [5.74, 6) is -0.617. The maximum atomic E-state index is 12.6. The number of hydrogen-bond donors (Lipinski definition) is 2. The first-order valence-electron chi connectivity index (χ1n) is 9.67. The van der Waals surface area contributed by atoms with E-state index < -0.39 is 15.8 Å². The molecule has 2 N–H and O–H groups in total. The number of nitrogens with one attached hydrogen (secondary N) is 2. The lowest BCUT2D eigenvalue weighted by molar-refractivity contribution is -0.385. The molecule has 1 aliphatic heterocycles. The van der Waals surface area contributed by atoms with Gasteiger partial charge in [0.25, 0.3) is 17.3 Å². The van der Waals surface area contributed by atoms with Gasteiger partial charge in [-0.25, -0.2) is 0 Å². The summed E-state index contributed by atoms with van der Waals surface area (Å²) in [4.78, 5) is 36.2. The molecule has 0 aromatic heterocycles. The summed E-state index contributed by atoms with van der Waals surface area (Å²) in [5.41, 5.74) is 1.11. The molecule has 162 valence electrons. The Morgan fingerprint density at radius 1 is 1.03 bits per heavy atom. The molecule has 0 unspecified atom stereocenters. The summed E-state index contributed by atoms with van der Waals surface area (Å²) in [6.07, 6.45) is 3.03. The van der Waals surface area contributed by atoms with Gasteiger partial charge in [-0.1, -0.05) is 6.07 Å². The number of piperidine rings is 1. The Balaban J connectivity index is 1.75. The number of amides is 1. The standard InChI is InChI=1S/C20H21N5O5S/c1-13-15(6-5-7-16(13)24(27)28)21-20(31)22-19(26)14-8-9-17(18(12-14)25(29)30)23-10-3-2-4-11-23/h5-9,12H,2-4,10-11H2,1H3,(H2,21,22,26,31). The number of nitro groups is 2. The quantitative estimate of drug-likeness (QED) is 0.404. The van der Waals surface area contributed by atoms with Gasteiger partial charge in [-0.05, 0) is 56.6 Å². The van der Waals surface area contributed by atoms with Gasteiger partial charge >= 0.3 is 0 Å². The number of carbonyl (C=O) groups excluding carboxylic acids is 1. The van der Waals surface area contributed by atoms with Crippen molar-refractivity contribution in [1.29, 1.82) is 0 Å². The summed E-state index contributed by atoms with van der Waals surface area (Å²) in [6.45, 7) is 3.04. The molecule has 1 fully saturated rings. The highest BCUT2D eigenvalue weighted by Gasteiger charge is 2.23. The Hall–Kier alpha value is -3.60. The molecule has 2 aromatic rings. The van der Waals surface area contributed by atoms with Crippen molar-refractivity contribution >= 4 is 46.0 Å². The molecule has 0 atom stereocenters. The summed E-state index contributed by atoms with van der Waals surface area (Å²) in [6, 6.07) is 8.80. The van der Waals surface area contributed by atoms with Gasteiger partial charge < -0.3 is 10.2 Å². The van der Waals surface area contributed by atoms with Gasteiger partial charge in [0, 0.05) is 30.8 Å². The second kappa shape index (κ2) is 9.47. The number of carbonyl (C=O) groups is 1. The molecule has 0 radical (unpaired) electrons. The normalized spacial score (nSPS) is 13.4. The predicted molar refractivity (Wildman–Crippen MR) is 121 cm³/mol. The SMILES string of the molecule is Cc1c(NC(=S)NC(=O)c2ccc(N3CCCCC3)c([N+](=O)[O-])c2)cccc1[N+](=O)[O-]. The van der Waals surface area contributed by atoms with Crippen molar-refractivity contribution in [2.75, 3.05) is 23.3 Å². The van der Waals surface area contributed by atoms with Crippen LogP contribution in [0.3, 0.4) is 0 Å². The first-order valence-corrected chi connectivity index (χ1v) is 10.1. The molecule has 0 saturated carbocycles. The third-order valence-electron chi connectivity index (χ3n) is 5.11. The molecule has 31 heavy (non-hydrogen) atoms. The van der Waals surface area contributed by atoms with Gasteiger partial charge in [0.15, 0.2) is 5.11 Å². The number of anilines is 2. The lowest BCUT2D eigenvalue weighted by Gasteiger charge is -2.28. The lowest BCUT2D eigenvalue weighted by Crippen LogP contribution is -2.34. The first-order chi connectivity index (χ1) is 14.8. The van der Waals surface area contributed by atoms with Crippen LogP contribution in [0.5, 0.6) is 0 Å². The highest BCUT2D eigenvalue weighted by atomic mass is 32.1. The summed E-state index contributed by atoms with van der Waals surface area (Å²) < 4.78 is 0. The van der Waals surface area contributed by atoms with Crippen LogP contribution in [0.15, 0.2) is 36.4 Å². The maximum absolute atomic E-state index is 12.6. The molecule has 11 heteroatoms. The van der Waals surface area contributed by atoms with E-state index in [2.05, 4.69) is 10.6 Å². The van der Waals surface area contributed by atoms with Gasteiger partial charge in [0.2, 0.25) is 0 Å². The van der Waals surface area contributed by atoms with E-state index in [0.29, 0.717) is 16.9 Å². The van der Waals surface area contributed by atoms with Crippen LogP contribution in [-0.4, -0.2) is 34.0 Å². The van der Waals surface area contributed by atoms with Crippen molar-refractivity contribution in [2.24, 2.45) is 0 Å². The Kier molecular flexibility index (Phi) is 6.75. The molecule has 1 heterocycles. The van der Waals surface area contributed by atoms with E-state index in [9.17, 15) is 25.0 Å². The minimum atomic E-state index is -0.617. The summed E-state index contributed by atoms with van der Waals surface area (Å²) in [7, 11) is 0. The number of nitro benzene ring substituents is 2. The largest absolute Gasteiger partial charge is 0.366 e. The monoisotopic (exact) mass is 443 g/mol. The van der Waals surface area contributed by atoms with Gasteiger partial charge in [-0.3, -0.25) is 30.3 Å². The van der Waals surface area contributed by atoms with Crippen LogP contribution in [-0.2, 0) is 0 Å². The number of rotatable bonds is 5. The second-order valence-electron chi connectivity index (χ2n) is 7.12. The van der Waals surface area contributed by atoms with E-state index in [4.69, 9.17) is 12.2 Å². The molecule has 0 bridgehead atoms. The van der Waals surface area contributed by atoms with E-state index in [1.165, 1.54) is 24.3 Å². The first kappa shape index (κ1) is 22.1. The summed E-state index contributed by atoms with van der Waals surface area (Å²) >= 11 is 5.14. The van der Waals surface area contributed by atoms with Crippen LogP contribution in [0.1, 0.15) is 35.2 Å². The molecule has 1 amide bonds. The van der Waals surface area contributed by atoms with Crippen molar-refractivity contribution in [2.45, 2.75) is 26.2 Å². The van der Waals surface area contributed by atoms with Crippen LogP contribution in [0, 0.1) is 27.2 Å². The maximum Gasteiger partial charge on any atom is 0.293 e. The molecule has 1 aliphatic rings. The third kappa shape index (κ3) is 5.12. The van der Waals surface area contributed by atoms with Crippen molar-refractivity contribution in [1.82, 2.24) is 5.32 Å². The zero-order valence-electron chi connectivity index (χ0n) is 16.8. The van der Waals surface area contributed by atoms with Crippen LogP contribution >= 0.6 is 12.2 Å². The molecular weight excluding hydrogens is 422 g/mol. The lowest BCUT2D eigenvalue weighted by atomic mass is 10.1. The van der Waals surface area contributed by atoms with Crippen LogP contribution in [0.2, 0.25) is 0 Å². The van der Waals surface area contributed by atoms with Crippen LogP contribution in [0.25, 0.3) is 0 Å². The Bertz CT molecular complexity index is 1050. The van der Waals surface area contributed by atoms with Gasteiger partial charge in [0.1, 0.15) is 5.69 Å². The smallest absolute Gasteiger partial charge is 0.293 e. The van der Waals surface area contributed by atoms with Crippen LogP contribution in [0.4, 0.5) is 22.7 Å². The van der Waals surface area contributed by atoms with E-state index in [-0.39, 0.29) is 22.1 Å². The molecule has 2 aromatic carbocycles. The number of nitrogens with zero attached hydrogens (tertiary/aromatic N) is 3. The van der Waals surface area contributed by atoms with Crippen molar-refractivity contribution in [3.8, 4) is 0 Å². The average Bonchev–Trinajstić information content (AvgIpc) is 2.75. The van der Waals surface area contributed by atoms with E-state index in [1.807, 2.05) is 4.90 Å². The van der Waals surface area contributed by atoms with Crippen molar-refractivity contribution < 1.29 is 14.6 Å². The topological polar surface area (TPSA) is 131 Å². The zero-order valence-corrected chi connectivity index (χ0v) is 17.6. The van der Waals surface area contributed by atoms with E-state index >= 15 is 0 Å². The van der Waals surface area contributed by atoms with Crippen molar-refractivity contribution in [3.05, 3.63) is 67.8 Å². The Labute approximate surface area is 183 Å². The molecule has 10 nitrogen and oxygen atoms in total. The molecule has 0 aliphatic carbocycles. The zero-order chi connectivity index (χ0) is 22.5. The average molecular weight is 443 g/mol. The minimum absolute atomic E-state index is 0.0728. The fourth-order valence-electron chi connectivity index (χ4n) is 3.50. The predicted octanol–water partition coefficient (Wildman–Crippen LogP) is 3.93. The Morgan fingerprint density at radius 3 is 2.35 bits per heavy atom. The number of thiocarbonyl (C=S) groups is 1. The third-order valence-corrected chi connectivity index (χ3v) is 5.31. The van der Waals surface area contributed by atoms with Gasteiger partial charge in [0.05, 0.1) is 21.1 Å². The molecule has 0 spiro atoms. The van der Waals surface area contributed by atoms with E-state index in [0.717, 1.165) is 32.4 Å². The van der Waals surface area contributed by atoms with Crippen molar-refractivity contribution in [3.63, 3.8) is 0 Å². The molecule has 1 saturated heterocycles. The van der Waals surface area contributed by atoms with Crippen LogP contribution < -0.4 is 15.5 Å². The fraction of sp³-hybridized carbons (Fsp3) is 0.300. The highest BCUT2D eigenvalue weighted by molar-refractivity contribution is 7.80. The van der Waals surface area contributed by atoms with Gasteiger partial charge in [-0.15, -0.1) is 0 Å². The summed E-state index contributed by atoms with van der Waals surface area (Å²) in [5, 5.41) is 27.8. The number of hydrogen-bond acceptors (Lipinski definition) is 7. The molecule has 3 rings (SSSR count). The fourth-order valence-corrected chi connectivity index (χ4v) is 3.70. The molecular formula is C20H21N5O5S. The second-order valence-corrected chi connectivity index (χ2v) is 7.53. The Morgan fingerprint density at radius 2 is 1.71 bits per heavy atom. The minimum Gasteiger partial charge on any atom is -0.366 e. The number of benzene rings is 2. The van der Waals surface area contributed by atoms with Gasteiger partial charge in [-0.2, -0.15) is 0 Å². The van der Waals surface area contributed by atoms with E-state index in [1.54, 1.807) is 19.1 Å².